The molecule has 10 heteroatoms. The number of carbonyl (C=O) groups is 2. The maximum Gasteiger partial charge on any atom is 0.344 e. The number of anilines is 1. The van der Waals surface area contributed by atoms with Crippen molar-refractivity contribution in [1.82, 2.24) is 0 Å². The lowest BCUT2D eigenvalue weighted by atomic mass is 10.2. The van der Waals surface area contributed by atoms with Gasteiger partial charge in [-0.1, -0.05) is 0 Å². The van der Waals surface area contributed by atoms with Crippen LogP contribution in [0.15, 0.2) is 42.5 Å². The van der Waals surface area contributed by atoms with Crippen molar-refractivity contribution >= 4 is 23.3 Å². The third-order valence-electron chi connectivity index (χ3n) is 3.50. The number of hydrogen-bond acceptors (Lipinski definition) is 7. The molecule has 2 aromatic rings. The van der Waals surface area contributed by atoms with Crippen LogP contribution in [-0.2, 0) is 14.3 Å². The summed E-state index contributed by atoms with van der Waals surface area (Å²) in [5.41, 5.74) is -0.0178. The van der Waals surface area contributed by atoms with Crippen LogP contribution in [0.1, 0.15) is 6.92 Å². The van der Waals surface area contributed by atoms with Crippen LogP contribution in [0, 0.1) is 15.9 Å². The number of benzene rings is 2. The third-order valence-corrected chi connectivity index (χ3v) is 3.50. The smallest absolute Gasteiger partial charge is 0.344 e. The van der Waals surface area contributed by atoms with Crippen molar-refractivity contribution in [3.63, 3.8) is 0 Å². The SMILES string of the molecule is COc1cc([N+](=O)[O-])ccc1NC(=O)[C@H](C)OC(=O)COc1ccc(F)cc1. The summed E-state index contributed by atoms with van der Waals surface area (Å²) in [5, 5.41) is 13.3. The highest BCUT2D eigenvalue weighted by Crippen LogP contribution is 2.29. The van der Waals surface area contributed by atoms with E-state index in [9.17, 15) is 24.1 Å². The Bertz CT molecular complexity index is 871. The van der Waals surface area contributed by atoms with Crippen LogP contribution in [0.5, 0.6) is 11.5 Å². The van der Waals surface area contributed by atoms with Gasteiger partial charge in [-0.05, 0) is 37.3 Å². The van der Waals surface area contributed by atoms with E-state index in [2.05, 4.69) is 5.32 Å². The van der Waals surface area contributed by atoms with Crippen LogP contribution in [0.25, 0.3) is 0 Å². The second-order valence-corrected chi connectivity index (χ2v) is 5.51. The average Bonchev–Trinajstić information content (AvgIpc) is 2.67. The van der Waals surface area contributed by atoms with Gasteiger partial charge in [0.2, 0.25) is 0 Å². The molecule has 148 valence electrons. The van der Waals surface area contributed by atoms with E-state index in [4.69, 9.17) is 14.2 Å². The molecule has 0 aliphatic rings. The van der Waals surface area contributed by atoms with E-state index in [-0.39, 0.29) is 22.9 Å². The molecule has 0 fully saturated rings. The molecule has 0 radical (unpaired) electrons. The number of ether oxygens (including phenoxy) is 3. The second kappa shape index (κ2) is 9.31. The first-order valence-electron chi connectivity index (χ1n) is 8.01. The van der Waals surface area contributed by atoms with Crippen molar-refractivity contribution < 1.29 is 33.1 Å². The highest BCUT2D eigenvalue weighted by atomic mass is 19.1. The summed E-state index contributed by atoms with van der Waals surface area (Å²) in [6.07, 6.45) is -1.16. The van der Waals surface area contributed by atoms with Crippen molar-refractivity contribution in [2.75, 3.05) is 19.0 Å². The van der Waals surface area contributed by atoms with Gasteiger partial charge < -0.3 is 19.5 Å². The van der Waals surface area contributed by atoms with Gasteiger partial charge in [0.25, 0.3) is 11.6 Å². The average molecular weight is 392 g/mol. The molecule has 0 saturated heterocycles. The van der Waals surface area contributed by atoms with E-state index in [0.29, 0.717) is 0 Å². The maximum absolute atomic E-state index is 12.8. The van der Waals surface area contributed by atoms with Gasteiger partial charge in [0, 0.05) is 6.07 Å². The minimum Gasteiger partial charge on any atom is -0.494 e. The van der Waals surface area contributed by atoms with E-state index in [1.807, 2.05) is 0 Å². The van der Waals surface area contributed by atoms with Crippen molar-refractivity contribution in [3.8, 4) is 11.5 Å². The monoisotopic (exact) mass is 392 g/mol. The topological polar surface area (TPSA) is 117 Å². The molecule has 0 aromatic heterocycles. The van der Waals surface area contributed by atoms with Gasteiger partial charge in [0.15, 0.2) is 12.7 Å². The summed E-state index contributed by atoms with van der Waals surface area (Å²) in [5.74, 6) is -1.56. The van der Waals surface area contributed by atoms with Gasteiger partial charge in [-0.3, -0.25) is 14.9 Å². The Hall–Kier alpha value is -3.69. The van der Waals surface area contributed by atoms with E-state index in [0.717, 1.165) is 6.07 Å². The molecule has 0 aliphatic heterocycles. The van der Waals surface area contributed by atoms with Crippen molar-refractivity contribution in [1.29, 1.82) is 0 Å². The van der Waals surface area contributed by atoms with Crippen LogP contribution >= 0.6 is 0 Å². The number of non-ortho nitro benzene ring substituents is 1. The molecule has 2 rings (SSSR count). The lowest BCUT2D eigenvalue weighted by molar-refractivity contribution is -0.384. The summed E-state index contributed by atoms with van der Waals surface area (Å²) in [4.78, 5) is 34.2. The molecule has 1 atom stereocenters. The zero-order valence-electron chi connectivity index (χ0n) is 15.0. The van der Waals surface area contributed by atoms with Gasteiger partial charge in [-0.2, -0.15) is 0 Å². The van der Waals surface area contributed by atoms with Crippen molar-refractivity contribution in [3.05, 3.63) is 58.4 Å². The minimum absolute atomic E-state index is 0.0840. The number of amides is 1. The number of methoxy groups -OCH3 is 1. The number of esters is 1. The van der Waals surface area contributed by atoms with Gasteiger partial charge in [0.1, 0.15) is 17.3 Å². The summed E-state index contributed by atoms with van der Waals surface area (Å²) < 4.78 is 27.9. The highest BCUT2D eigenvalue weighted by molar-refractivity contribution is 5.96. The summed E-state index contributed by atoms with van der Waals surface area (Å²) in [7, 11) is 1.30. The third kappa shape index (κ3) is 5.66. The molecule has 0 heterocycles. The number of hydrogen-bond donors (Lipinski definition) is 1. The van der Waals surface area contributed by atoms with Gasteiger partial charge in [-0.25, -0.2) is 9.18 Å². The number of nitrogens with one attached hydrogen (secondary N) is 1. The summed E-state index contributed by atoms with van der Waals surface area (Å²) in [6.45, 7) is 0.882. The van der Waals surface area contributed by atoms with Crippen LogP contribution in [-0.4, -0.2) is 36.6 Å². The molecule has 0 aliphatic carbocycles. The molecule has 0 bridgehead atoms. The predicted octanol–water partition coefficient (Wildman–Crippen LogP) is 2.69. The zero-order chi connectivity index (χ0) is 20.7. The lowest BCUT2D eigenvalue weighted by Crippen LogP contribution is -2.31. The Kier molecular flexibility index (Phi) is 6.85. The van der Waals surface area contributed by atoms with Crippen LogP contribution in [0.3, 0.4) is 0 Å². The van der Waals surface area contributed by atoms with E-state index >= 15 is 0 Å². The Morgan fingerprint density at radius 2 is 1.89 bits per heavy atom. The Morgan fingerprint density at radius 3 is 2.50 bits per heavy atom. The quantitative estimate of drug-likeness (QED) is 0.417. The fourth-order valence-electron chi connectivity index (χ4n) is 2.09. The molecule has 0 unspecified atom stereocenters. The van der Waals surface area contributed by atoms with Gasteiger partial charge in [0.05, 0.1) is 23.8 Å². The summed E-state index contributed by atoms with van der Waals surface area (Å²) in [6, 6.07) is 8.71. The van der Waals surface area contributed by atoms with Crippen LogP contribution in [0.4, 0.5) is 15.8 Å². The van der Waals surface area contributed by atoms with Crippen molar-refractivity contribution in [2.45, 2.75) is 13.0 Å². The number of nitro benzene ring substituents is 1. The number of carbonyl (C=O) groups excluding carboxylic acids is 2. The van der Waals surface area contributed by atoms with E-state index in [1.54, 1.807) is 0 Å². The number of nitrogens with zero attached hydrogens (tertiary/aromatic N) is 1. The molecule has 1 amide bonds. The molecule has 0 spiro atoms. The first kappa shape index (κ1) is 20.6. The molecule has 0 saturated carbocycles. The van der Waals surface area contributed by atoms with Gasteiger partial charge in [-0.15, -0.1) is 0 Å². The molecule has 9 nitrogen and oxygen atoms in total. The summed E-state index contributed by atoms with van der Waals surface area (Å²) >= 11 is 0. The van der Waals surface area contributed by atoms with E-state index in [1.165, 1.54) is 50.4 Å². The normalized spacial score (nSPS) is 11.2. The fourth-order valence-corrected chi connectivity index (χ4v) is 2.09. The first-order valence-corrected chi connectivity index (χ1v) is 8.01. The van der Waals surface area contributed by atoms with Gasteiger partial charge >= 0.3 is 5.97 Å². The predicted molar refractivity (Wildman–Crippen MR) is 95.7 cm³/mol. The number of nitro groups is 1. The van der Waals surface area contributed by atoms with Crippen LogP contribution in [0.2, 0.25) is 0 Å². The fraction of sp³-hybridized carbons (Fsp3) is 0.222. The molecular weight excluding hydrogens is 375 g/mol. The Labute approximate surface area is 159 Å². The zero-order valence-corrected chi connectivity index (χ0v) is 15.0. The molecule has 28 heavy (non-hydrogen) atoms. The number of rotatable bonds is 8. The number of halogens is 1. The maximum atomic E-state index is 12.8. The molecular formula is C18H17FN2O7. The minimum atomic E-state index is -1.16. The highest BCUT2D eigenvalue weighted by Gasteiger charge is 2.20. The Morgan fingerprint density at radius 1 is 1.21 bits per heavy atom. The standard InChI is InChI=1S/C18H17FN2O7/c1-11(28-17(22)10-27-14-6-3-12(19)4-7-14)18(23)20-15-8-5-13(21(24)25)9-16(15)26-2/h3-9,11H,10H2,1-2H3,(H,20,23)/t11-/m0/s1. The first-order chi connectivity index (χ1) is 13.3. The molecule has 2 aromatic carbocycles. The lowest BCUT2D eigenvalue weighted by Gasteiger charge is -2.15. The largest absolute Gasteiger partial charge is 0.494 e. The second-order valence-electron chi connectivity index (χ2n) is 5.51. The van der Waals surface area contributed by atoms with Crippen molar-refractivity contribution in [2.24, 2.45) is 0 Å². The van der Waals surface area contributed by atoms with Crippen LogP contribution < -0.4 is 14.8 Å². The molecule has 1 N–H and O–H groups in total. The van der Waals surface area contributed by atoms with E-state index < -0.39 is 35.3 Å². The Balaban J connectivity index is 1.90.